The van der Waals surface area contributed by atoms with E-state index < -0.39 is 29.4 Å². The molecule has 1 fully saturated rings. The zero-order chi connectivity index (χ0) is 22.3. The lowest BCUT2D eigenvalue weighted by atomic mass is 10.1. The van der Waals surface area contributed by atoms with Crippen molar-refractivity contribution >= 4 is 23.3 Å². The van der Waals surface area contributed by atoms with Crippen LogP contribution in [-0.2, 0) is 10.9 Å². The minimum absolute atomic E-state index is 0.0283. The first-order valence-corrected chi connectivity index (χ1v) is 9.75. The summed E-state index contributed by atoms with van der Waals surface area (Å²) in [6.07, 6.45) is -4.72. The third kappa shape index (κ3) is 6.69. The van der Waals surface area contributed by atoms with Gasteiger partial charge in [0.1, 0.15) is 0 Å². The molecule has 166 valence electrons. The van der Waals surface area contributed by atoms with Gasteiger partial charge in [-0.1, -0.05) is 18.2 Å². The highest BCUT2D eigenvalue weighted by Crippen LogP contribution is 2.36. The van der Waals surface area contributed by atoms with Crippen LogP contribution in [-0.4, -0.2) is 56.2 Å². The Morgan fingerprint density at radius 1 is 1.00 bits per heavy atom. The summed E-state index contributed by atoms with van der Waals surface area (Å²) in [7, 11) is 0. The maximum atomic E-state index is 13.5. The summed E-state index contributed by atoms with van der Waals surface area (Å²) in [6, 6.07) is 10.6. The average Bonchev–Trinajstić information content (AvgIpc) is 2.75. The Bertz CT molecular complexity index is 900. The van der Waals surface area contributed by atoms with Crippen molar-refractivity contribution in [2.45, 2.75) is 6.18 Å². The number of anilines is 2. The van der Waals surface area contributed by atoms with E-state index >= 15 is 0 Å². The van der Waals surface area contributed by atoms with Crippen LogP contribution < -0.4 is 16.0 Å². The molecule has 1 saturated heterocycles. The highest BCUT2D eigenvalue weighted by atomic mass is 19.4. The first-order valence-electron chi connectivity index (χ1n) is 9.75. The molecule has 2 aromatic rings. The maximum Gasteiger partial charge on any atom is 0.418 e. The van der Waals surface area contributed by atoms with Crippen molar-refractivity contribution in [3.63, 3.8) is 0 Å². The quantitative estimate of drug-likeness (QED) is 0.648. The first kappa shape index (κ1) is 22.6. The molecule has 3 rings (SSSR count). The van der Waals surface area contributed by atoms with Crippen molar-refractivity contribution in [3.05, 3.63) is 59.7 Å². The number of rotatable bonds is 6. The van der Waals surface area contributed by atoms with E-state index in [-0.39, 0.29) is 5.69 Å². The standard InChI is InChI=1S/C21H23F3N4O3/c22-21(23,24)17-14-16(26-19(29)15-4-2-1-3-5-15)6-7-18(17)27-20(30)25-8-9-28-10-12-31-13-11-28/h1-7,14H,8-13H2,(H,26,29)(H2,25,27,30). The van der Waals surface area contributed by atoms with E-state index in [0.717, 1.165) is 25.2 Å². The van der Waals surface area contributed by atoms with Crippen molar-refractivity contribution in [2.75, 3.05) is 50.0 Å². The minimum atomic E-state index is -4.72. The van der Waals surface area contributed by atoms with E-state index in [4.69, 9.17) is 4.74 Å². The Morgan fingerprint density at radius 2 is 1.71 bits per heavy atom. The van der Waals surface area contributed by atoms with Crippen molar-refractivity contribution in [1.82, 2.24) is 10.2 Å². The molecule has 1 aliphatic heterocycles. The zero-order valence-corrected chi connectivity index (χ0v) is 16.7. The van der Waals surface area contributed by atoms with E-state index in [9.17, 15) is 22.8 Å². The molecule has 7 nitrogen and oxygen atoms in total. The van der Waals surface area contributed by atoms with Crippen molar-refractivity contribution in [2.24, 2.45) is 0 Å². The topological polar surface area (TPSA) is 82.7 Å². The van der Waals surface area contributed by atoms with Crippen LogP contribution in [0.2, 0.25) is 0 Å². The van der Waals surface area contributed by atoms with Gasteiger partial charge < -0.3 is 20.7 Å². The highest BCUT2D eigenvalue weighted by molar-refractivity contribution is 6.04. The number of morpholine rings is 1. The van der Waals surface area contributed by atoms with E-state index in [1.165, 1.54) is 6.07 Å². The molecule has 3 amide bonds. The Labute approximate surface area is 177 Å². The fraction of sp³-hybridized carbons (Fsp3) is 0.333. The predicted molar refractivity (Wildman–Crippen MR) is 110 cm³/mol. The molecular formula is C21H23F3N4O3. The van der Waals surface area contributed by atoms with Gasteiger partial charge in [0, 0.05) is 37.4 Å². The number of carbonyl (C=O) groups is 2. The molecule has 3 N–H and O–H groups in total. The molecule has 0 radical (unpaired) electrons. The summed E-state index contributed by atoms with van der Waals surface area (Å²) >= 11 is 0. The van der Waals surface area contributed by atoms with Gasteiger partial charge in [-0.25, -0.2) is 4.79 Å². The minimum Gasteiger partial charge on any atom is -0.379 e. The molecule has 1 heterocycles. The van der Waals surface area contributed by atoms with Crippen LogP contribution in [0.1, 0.15) is 15.9 Å². The fourth-order valence-electron chi connectivity index (χ4n) is 3.08. The SMILES string of the molecule is O=C(NCCN1CCOCC1)Nc1ccc(NC(=O)c2ccccc2)cc1C(F)(F)F. The second kappa shape index (κ2) is 10.3. The predicted octanol–water partition coefficient (Wildman–Crippen LogP) is 3.41. The van der Waals surface area contributed by atoms with Gasteiger partial charge in [0.2, 0.25) is 0 Å². The second-order valence-electron chi connectivity index (χ2n) is 6.91. The number of benzene rings is 2. The Balaban J connectivity index is 1.62. The number of urea groups is 1. The molecule has 0 saturated carbocycles. The molecule has 0 unspecified atom stereocenters. The Morgan fingerprint density at radius 3 is 2.39 bits per heavy atom. The lowest BCUT2D eigenvalue weighted by Crippen LogP contribution is -2.42. The molecule has 10 heteroatoms. The molecule has 0 atom stereocenters. The first-order chi connectivity index (χ1) is 14.8. The zero-order valence-electron chi connectivity index (χ0n) is 16.7. The number of hydrogen-bond acceptors (Lipinski definition) is 4. The lowest BCUT2D eigenvalue weighted by Gasteiger charge is -2.26. The maximum absolute atomic E-state index is 13.5. The Kier molecular flexibility index (Phi) is 7.48. The number of nitrogens with one attached hydrogen (secondary N) is 3. The van der Waals surface area contributed by atoms with Crippen LogP contribution in [0.15, 0.2) is 48.5 Å². The number of alkyl halides is 3. The van der Waals surface area contributed by atoms with E-state index in [1.54, 1.807) is 30.3 Å². The third-order valence-electron chi connectivity index (χ3n) is 4.68. The largest absolute Gasteiger partial charge is 0.418 e. The molecule has 0 bridgehead atoms. The molecule has 1 aliphatic rings. The molecule has 31 heavy (non-hydrogen) atoms. The smallest absolute Gasteiger partial charge is 0.379 e. The van der Waals surface area contributed by atoms with Crippen molar-refractivity contribution in [3.8, 4) is 0 Å². The highest BCUT2D eigenvalue weighted by Gasteiger charge is 2.34. The molecule has 0 spiro atoms. The van der Waals surface area contributed by atoms with Crippen LogP contribution in [0, 0.1) is 0 Å². The molecule has 0 aliphatic carbocycles. The number of hydrogen-bond donors (Lipinski definition) is 3. The van der Waals surface area contributed by atoms with Crippen molar-refractivity contribution < 1.29 is 27.5 Å². The van der Waals surface area contributed by atoms with Gasteiger partial charge >= 0.3 is 12.2 Å². The number of carbonyl (C=O) groups excluding carboxylic acids is 2. The van der Waals surface area contributed by atoms with Gasteiger partial charge in [-0.3, -0.25) is 9.69 Å². The number of amides is 3. The third-order valence-corrected chi connectivity index (χ3v) is 4.68. The fourth-order valence-corrected chi connectivity index (χ4v) is 3.08. The van der Waals surface area contributed by atoms with Gasteiger partial charge in [0.15, 0.2) is 0 Å². The van der Waals surface area contributed by atoms with Gasteiger partial charge in [-0.05, 0) is 30.3 Å². The van der Waals surface area contributed by atoms with Crippen LogP contribution in [0.3, 0.4) is 0 Å². The second-order valence-corrected chi connectivity index (χ2v) is 6.91. The normalized spacial score (nSPS) is 14.7. The van der Waals surface area contributed by atoms with Crippen LogP contribution in [0.25, 0.3) is 0 Å². The van der Waals surface area contributed by atoms with Gasteiger partial charge in [0.25, 0.3) is 5.91 Å². The molecular weight excluding hydrogens is 413 g/mol. The monoisotopic (exact) mass is 436 g/mol. The number of halogens is 3. The molecule has 0 aromatic heterocycles. The summed E-state index contributed by atoms with van der Waals surface area (Å²) < 4.78 is 45.8. The van der Waals surface area contributed by atoms with Gasteiger partial charge in [0.05, 0.1) is 24.5 Å². The lowest BCUT2D eigenvalue weighted by molar-refractivity contribution is -0.136. The van der Waals surface area contributed by atoms with Crippen LogP contribution in [0.5, 0.6) is 0 Å². The Hall–Kier alpha value is -3.11. The summed E-state index contributed by atoms with van der Waals surface area (Å²) in [5.74, 6) is -0.532. The van der Waals surface area contributed by atoms with Crippen LogP contribution >= 0.6 is 0 Å². The van der Waals surface area contributed by atoms with E-state index in [0.29, 0.717) is 31.9 Å². The van der Waals surface area contributed by atoms with E-state index in [1.807, 2.05) is 0 Å². The number of ether oxygens (including phenoxy) is 1. The van der Waals surface area contributed by atoms with E-state index in [2.05, 4.69) is 20.9 Å². The molecule has 2 aromatic carbocycles. The van der Waals surface area contributed by atoms with Gasteiger partial charge in [-0.2, -0.15) is 13.2 Å². The average molecular weight is 436 g/mol. The van der Waals surface area contributed by atoms with Gasteiger partial charge in [-0.15, -0.1) is 0 Å². The summed E-state index contributed by atoms with van der Waals surface area (Å²) in [6.45, 7) is 3.60. The summed E-state index contributed by atoms with van der Waals surface area (Å²) in [5.41, 5.74) is -1.16. The summed E-state index contributed by atoms with van der Waals surface area (Å²) in [4.78, 5) is 26.4. The van der Waals surface area contributed by atoms with Crippen LogP contribution in [0.4, 0.5) is 29.3 Å². The number of nitrogens with zero attached hydrogens (tertiary/aromatic N) is 1. The van der Waals surface area contributed by atoms with Crippen molar-refractivity contribution in [1.29, 1.82) is 0 Å². The summed E-state index contributed by atoms with van der Waals surface area (Å²) in [5, 5.41) is 7.24.